The maximum absolute atomic E-state index is 5.89. The number of rotatable bonds is 1. The number of ether oxygens (including phenoxy) is 1. The van der Waals surface area contributed by atoms with Gasteiger partial charge in [0.2, 0.25) is 0 Å². The van der Waals surface area contributed by atoms with E-state index in [9.17, 15) is 0 Å². The van der Waals surface area contributed by atoms with Crippen molar-refractivity contribution in [2.45, 2.75) is 12.8 Å². The second-order valence-corrected chi connectivity index (χ2v) is 4.21. The molecule has 76 valence electrons. The lowest BCUT2D eigenvalue weighted by Gasteiger charge is -2.30. The van der Waals surface area contributed by atoms with Crippen molar-refractivity contribution in [3.8, 4) is 5.75 Å². The van der Waals surface area contributed by atoms with Crippen LogP contribution in [0.25, 0.3) is 0 Å². The molecule has 1 aliphatic rings. The number of benzene rings is 1. The highest BCUT2D eigenvalue weighted by molar-refractivity contribution is 6.30. The van der Waals surface area contributed by atoms with Gasteiger partial charge >= 0.3 is 0 Å². The minimum atomic E-state index is 0.420. The first-order valence-corrected chi connectivity index (χ1v) is 5.22. The molecule has 2 atom stereocenters. The molecule has 1 aromatic carbocycles. The molecule has 0 saturated heterocycles. The number of halogens is 1. The Kier molecular flexibility index (Phi) is 2.66. The van der Waals surface area contributed by atoms with E-state index in [-0.39, 0.29) is 0 Å². The topological polar surface area (TPSA) is 35.2 Å². The van der Waals surface area contributed by atoms with Gasteiger partial charge in [-0.1, -0.05) is 24.6 Å². The largest absolute Gasteiger partial charge is 0.493 e. The SMILES string of the molecule is CC1c2ccc(Cl)cc2OCC1CN. The molecule has 14 heavy (non-hydrogen) atoms. The van der Waals surface area contributed by atoms with Crippen LogP contribution in [0, 0.1) is 5.92 Å². The van der Waals surface area contributed by atoms with Crippen LogP contribution in [0.15, 0.2) is 18.2 Å². The number of fused-ring (bicyclic) bond motifs is 1. The molecule has 2 nitrogen and oxygen atoms in total. The molecule has 3 heteroatoms. The molecule has 2 unspecified atom stereocenters. The lowest BCUT2D eigenvalue weighted by atomic mass is 9.86. The number of hydrogen-bond donors (Lipinski definition) is 1. The second-order valence-electron chi connectivity index (χ2n) is 3.78. The van der Waals surface area contributed by atoms with E-state index in [1.807, 2.05) is 18.2 Å². The molecule has 0 bridgehead atoms. The van der Waals surface area contributed by atoms with Crippen molar-refractivity contribution in [3.63, 3.8) is 0 Å². The van der Waals surface area contributed by atoms with Crippen molar-refractivity contribution < 1.29 is 4.74 Å². The Hall–Kier alpha value is -0.730. The van der Waals surface area contributed by atoms with Crippen molar-refractivity contribution in [1.82, 2.24) is 0 Å². The third kappa shape index (κ3) is 1.60. The average Bonchev–Trinajstić information content (AvgIpc) is 2.18. The van der Waals surface area contributed by atoms with Crippen LogP contribution in [-0.4, -0.2) is 13.2 Å². The molecule has 0 aliphatic carbocycles. The predicted octanol–water partition coefficient (Wildman–Crippen LogP) is 2.41. The highest BCUT2D eigenvalue weighted by atomic mass is 35.5. The average molecular weight is 212 g/mol. The van der Waals surface area contributed by atoms with Gasteiger partial charge in [0.15, 0.2) is 0 Å². The fraction of sp³-hybridized carbons (Fsp3) is 0.455. The van der Waals surface area contributed by atoms with E-state index in [0.717, 1.165) is 10.8 Å². The summed E-state index contributed by atoms with van der Waals surface area (Å²) in [6.07, 6.45) is 0. The summed E-state index contributed by atoms with van der Waals surface area (Å²) >= 11 is 5.89. The van der Waals surface area contributed by atoms with Gasteiger partial charge in [-0.15, -0.1) is 0 Å². The first-order valence-electron chi connectivity index (χ1n) is 4.84. The lowest BCUT2D eigenvalue weighted by molar-refractivity contribution is 0.203. The van der Waals surface area contributed by atoms with Gasteiger partial charge in [-0.2, -0.15) is 0 Å². The molecule has 1 aliphatic heterocycles. The van der Waals surface area contributed by atoms with Gasteiger partial charge in [-0.25, -0.2) is 0 Å². The summed E-state index contributed by atoms with van der Waals surface area (Å²) < 4.78 is 5.61. The third-order valence-electron chi connectivity index (χ3n) is 2.93. The lowest BCUT2D eigenvalue weighted by Crippen LogP contribution is -2.30. The molecule has 0 aromatic heterocycles. The van der Waals surface area contributed by atoms with Crippen LogP contribution in [0.4, 0.5) is 0 Å². The van der Waals surface area contributed by atoms with Gasteiger partial charge < -0.3 is 10.5 Å². The Morgan fingerprint density at radius 2 is 2.36 bits per heavy atom. The smallest absolute Gasteiger partial charge is 0.124 e. The van der Waals surface area contributed by atoms with Crippen LogP contribution in [0.3, 0.4) is 0 Å². The molecule has 0 spiro atoms. The van der Waals surface area contributed by atoms with Gasteiger partial charge in [0.1, 0.15) is 5.75 Å². The van der Waals surface area contributed by atoms with Crippen molar-refractivity contribution in [1.29, 1.82) is 0 Å². The van der Waals surface area contributed by atoms with Crippen molar-refractivity contribution in [2.24, 2.45) is 11.7 Å². The van der Waals surface area contributed by atoms with E-state index in [4.69, 9.17) is 22.1 Å². The molecule has 1 aromatic rings. The number of nitrogens with two attached hydrogens (primary N) is 1. The van der Waals surface area contributed by atoms with Gasteiger partial charge in [-0.3, -0.25) is 0 Å². The standard InChI is InChI=1S/C11H14ClNO/c1-7-8(5-13)6-14-11-4-9(12)2-3-10(7)11/h2-4,7-8H,5-6,13H2,1H3. The number of hydrogen-bond acceptors (Lipinski definition) is 2. The molecule has 1 heterocycles. The fourth-order valence-corrected chi connectivity index (χ4v) is 2.04. The van der Waals surface area contributed by atoms with Crippen LogP contribution >= 0.6 is 11.6 Å². The molecule has 2 N–H and O–H groups in total. The minimum Gasteiger partial charge on any atom is -0.493 e. The van der Waals surface area contributed by atoms with Crippen molar-refractivity contribution in [2.75, 3.05) is 13.2 Å². The fourth-order valence-electron chi connectivity index (χ4n) is 1.88. The summed E-state index contributed by atoms with van der Waals surface area (Å²) in [4.78, 5) is 0. The van der Waals surface area contributed by atoms with Crippen molar-refractivity contribution in [3.05, 3.63) is 28.8 Å². The van der Waals surface area contributed by atoms with E-state index < -0.39 is 0 Å². The summed E-state index contributed by atoms with van der Waals surface area (Å²) in [5.41, 5.74) is 6.89. The monoisotopic (exact) mass is 211 g/mol. The zero-order valence-corrected chi connectivity index (χ0v) is 8.92. The first-order chi connectivity index (χ1) is 6.72. The van der Waals surface area contributed by atoms with Crippen LogP contribution in [0.2, 0.25) is 5.02 Å². The van der Waals surface area contributed by atoms with E-state index in [2.05, 4.69) is 6.92 Å². The molecular weight excluding hydrogens is 198 g/mol. The van der Waals surface area contributed by atoms with Crippen molar-refractivity contribution >= 4 is 11.6 Å². The quantitative estimate of drug-likeness (QED) is 0.775. The molecule has 0 saturated carbocycles. The predicted molar refractivity (Wildman–Crippen MR) is 57.9 cm³/mol. The highest BCUT2D eigenvalue weighted by Crippen LogP contribution is 2.37. The van der Waals surface area contributed by atoms with Gasteiger partial charge in [0.05, 0.1) is 6.61 Å². The van der Waals surface area contributed by atoms with Gasteiger partial charge in [0.25, 0.3) is 0 Å². The molecule has 0 fully saturated rings. The third-order valence-corrected chi connectivity index (χ3v) is 3.16. The van der Waals surface area contributed by atoms with E-state index in [1.165, 1.54) is 5.56 Å². The summed E-state index contributed by atoms with van der Waals surface area (Å²) in [6, 6.07) is 5.81. The van der Waals surface area contributed by atoms with Crippen LogP contribution in [0.1, 0.15) is 18.4 Å². The Labute approximate surface area is 89.0 Å². The Morgan fingerprint density at radius 3 is 3.07 bits per heavy atom. The Morgan fingerprint density at radius 1 is 1.57 bits per heavy atom. The molecule has 0 amide bonds. The highest BCUT2D eigenvalue weighted by Gasteiger charge is 2.26. The molecular formula is C11H14ClNO. The van der Waals surface area contributed by atoms with Crippen LogP contribution in [0.5, 0.6) is 5.75 Å². The first kappa shape index (κ1) is 9.81. The summed E-state index contributed by atoms with van der Waals surface area (Å²) in [5, 5.41) is 0.724. The van der Waals surface area contributed by atoms with Crippen LogP contribution < -0.4 is 10.5 Å². The Balaban J connectivity index is 2.36. The maximum Gasteiger partial charge on any atom is 0.124 e. The summed E-state index contributed by atoms with van der Waals surface area (Å²) in [6.45, 7) is 3.56. The summed E-state index contributed by atoms with van der Waals surface area (Å²) in [7, 11) is 0. The van der Waals surface area contributed by atoms with Crippen LogP contribution in [-0.2, 0) is 0 Å². The summed E-state index contributed by atoms with van der Waals surface area (Å²) in [5.74, 6) is 1.79. The minimum absolute atomic E-state index is 0.420. The van der Waals surface area contributed by atoms with E-state index in [1.54, 1.807) is 0 Å². The normalized spacial score (nSPS) is 25.4. The molecule has 0 radical (unpaired) electrons. The maximum atomic E-state index is 5.89. The van der Waals surface area contributed by atoms with E-state index >= 15 is 0 Å². The van der Waals surface area contributed by atoms with Gasteiger partial charge in [0, 0.05) is 10.9 Å². The second kappa shape index (κ2) is 3.79. The zero-order valence-electron chi connectivity index (χ0n) is 8.16. The molecule has 2 rings (SSSR count). The Bertz CT molecular complexity index is 340. The van der Waals surface area contributed by atoms with Gasteiger partial charge in [-0.05, 0) is 30.2 Å². The zero-order chi connectivity index (χ0) is 10.1. The van der Waals surface area contributed by atoms with E-state index in [0.29, 0.717) is 25.0 Å².